The van der Waals surface area contributed by atoms with Gasteiger partial charge in [-0.1, -0.05) is 28.4 Å². The third-order valence-corrected chi connectivity index (χ3v) is 5.18. The van der Waals surface area contributed by atoms with Crippen molar-refractivity contribution in [1.29, 1.82) is 0 Å². The highest BCUT2D eigenvalue weighted by Gasteiger charge is 2.41. The summed E-state index contributed by atoms with van der Waals surface area (Å²) in [5, 5.41) is 10.8. The Morgan fingerprint density at radius 2 is 2.05 bits per heavy atom. The molecule has 0 radical (unpaired) electrons. The molecular weight excluding hydrogens is 307 g/mol. The summed E-state index contributed by atoms with van der Waals surface area (Å²) in [6.45, 7) is 0. The minimum atomic E-state index is -0.694. The van der Waals surface area contributed by atoms with Gasteiger partial charge in [-0.25, -0.2) is 4.39 Å². The maximum absolute atomic E-state index is 13.9. The molecule has 3 rings (SSSR count). The first-order chi connectivity index (χ1) is 9.06. The van der Waals surface area contributed by atoms with E-state index in [4.69, 9.17) is 0 Å². The molecule has 0 saturated heterocycles. The van der Waals surface area contributed by atoms with Gasteiger partial charge in [-0.3, -0.25) is 0 Å². The van der Waals surface area contributed by atoms with E-state index in [1.54, 1.807) is 6.07 Å². The molecule has 2 atom stereocenters. The number of aliphatic hydroxyl groups is 1. The number of halogens is 2. The number of rotatable bonds is 3. The van der Waals surface area contributed by atoms with E-state index in [-0.39, 0.29) is 5.82 Å². The van der Waals surface area contributed by atoms with Crippen molar-refractivity contribution in [1.82, 2.24) is 0 Å². The lowest BCUT2D eigenvalue weighted by molar-refractivity contribution is -0.0201. The van der Waals surface area contributed by atoms with Crippen LogP contribution < -0.4 is 0 Å². The van der Waals surface area contributed by atoms with Crippen LogP contribution in [0.2, 0.25) is 0 Å². The van der Waals surface area contributed by atoms with Crippen LogP contribution in [0.1, 0.15) is 44.1 Å². The van der Waals surface area contributed by atoms with Crippen molar-refractivity contribution in [2.75, 3.05) is 0 Å². The van der Waals surface area contributed by atoms with Crippen LogP contribution in [-0.2, 0) is 6.42 Å². The van der Waals surface area contributed by atoms with Crippen LogP contribution in [0.25, 0.3) is 0 Å². The highest BCUT2D eigenvalue weighted by molar-refractivity contribution is 9.10. The van der Waals surface area contributed by atoms with Gasteiger partial charge in [-0.15, -0.1) is 0 Å². The molecule has 1 nitrogen and oxygen atoms in total. The zero-order valence-electron chi connectivity index (χ0n) is 11.0. The van der Waals surface area contributed by atoms with Crippen LogP contribution in [-0.4, -0.2) is 10.7 Å². The molecular formula is C16H20BrFO. The van der Waals surface area contributed by atoms with Gasteiger partial charge in [0.25, 0.3) is 0 Å². The van der Waals surface area contributed by atoms with Crippen LogP contribution in [0.15, 0.2) is 22.7 Å². The fourth-order valence-corrected chi connectivity index (χ4v) is 3.87. The zero-order valence-corrected chi connectivity index (χ0v) is 12.6. The quantitative estimate of drug-likeness (QED) is 0.869. The lowest BCUT2D eigenvalue weighted by Crippen LogP contribution is -2.38. The highest BCUT2D eigenvalue weighted by Crippen LogP contribution is 2.47. The number of benzene rings is 1. The molecule has 0 aliphatic heterocycles. The third kappa shape index (κ3) is 3.19. The lowest BCUT2D eigenvalue weighted by Gasteiger charge is -2.37. The van der Waals surface area contributed by atoms with E-state index >= 15 is 0 Å². The van der Waals surface area contributed by atoms with Gasteiger partial charge >= 0.3 is 0 Å². The summed E-state index contributed by atoms with van der Waals surface area (Å²) in [5.41, 5.74) is -0.0534. The third-order valence-electron chi connectivity index (χ3n) is 4.68. The Labute approximate surface area is 122 Å². The van der Waals surface area contributed by atoms with E-state index in [9.17, 15) is 9.50 Å². The molecule has 104 valence electrons. The molecule has 1 aromatic rings. The van der Waals surface area contributed by atoms with Crippen LogP contribution in [0.5, 0.6) is 0 Å². The van der Waals surface area contributed by atoms with Crippen LogP contribution in [0.3, 0.4) is 0 Å². The van der Waals surface area contributed by atoms with E-state index in [1.807, 2.05) is 6.07 Å². The van der Waals surface area contributed by atoms with Gasteiger partial charge < -0.3 is 5.11 Å². The molecule has 2 saturated carbocycles. The van der Waals surface area contributed by atoms with E-state index < -0.39 is 5.60 Å². The van der Waals surface area contributed by atoms with Crippen molar-refractivity contribution in [3.63, 3.8) is 0 Å². The zero-order chi connectivity index (χ0) is 13.5. The van der Waals surface area contributed by atoms with Crippen LogP contribution >= 0.6 is 15.9 Å². The molecule has 2 unspecified atom stereocenters. The maximum Gasteiger partial charge on any atom is 0.127 e. The molecule has 0 spiro atoms. The van der Waals surface area contributed by atoms with Crippen molar-refractivity contribution in [3.05, 3.63) is 34.1 Å². The predicted molar refractivity (Wildman–Crippen MR) is 77.4 cm³/mol. The molecule has 2 fully saturated rings. The van der Waals surface area contributed by atoms with Crippen LogP contribution in [0.4, 0.5) is 4.39 Å². The Morgan fingerprint density at radius 1 is 1.26 bits per heavy atom. The van der Waals surface area contributed by atoms with E-state index in [0.717, 1.165) is 29.7 Å². The predicted octanol–water partition coefficient (Wildman–Crippen LogP) is 4.46. The van der Waals surface area contributed by atoms with Crippen LogP contribution in [0, 0.1) is 17.7 Å². The fraction of sp³-hybridized carbons (Fsp3) is 0.625. The molecule has 19 heavy (non-hydrogen) atoms. The number of hydrogen-bond donors (Lipinski definition) is 1. The smallest absolute Gasteiger partial charge is 0.127 e. The summed E-state index contributed by atoms with van der Waals surface area (Å²) in [6.07, 6.45) is 7.10. The summed E-state index contributed by atoms with van der Waals surface area (Å²) in [6, 6.07) is 5.13. The molecule has 1 aromatic carbocycles. The van der Waals surface area contributed by atoms with Crippen molar-refractivity contribution in [2.45, 2.75) is 50.5 Å². The summed E-state index contributed by atoms with van der Waals surface area (Å²) in [5.74, 6) is 1.29. The Bertz CT molecular complexity index is 472. The lowest BCUT2D eigenvalue weighted by atomic mass is 9.73. The van der Waals surface area contributed by atoms with Crippen molar-refractivity contribution < 1.29 is 9.50 Å². The molecule has 1 N–H and O–H groups in total. The average Bonchev–Trinajstić information content (AvgIpc) is 3.17. The maximum atomic E-state index is 13.9. The minimum Gasteiger partial charge on any atom is -0.390 e. The second kappa shape index (κ2) is 5.17. The SMILES string of the molecule is OC1(Cc2ccc(Br)cc2F)CCCC(C2CC2)C1. The monoisotopic (exact) mass is 326 g/mol. The molecule has 0 amide bonds. The van der Waals surface area contributed by atoms with Gasteiger partial charge in [0.2, 0.25) is 0 Å². The Hall–Kier alpha value is -0.410. The first-order valence-electron chi connectivity index (χ1n) is 7.22. The van der Waals surface area contributed by atoms with E-state index in [0.29, 0.717) is 17.9 Å². The van der Waals surface area contributed by atoms with E-state index in [1.165, 1.54) is 25.3 Å². The van der Waals surface area contributed by atoms with Gasteiger partial charge in [0.15, 0.2) is 0 Å². The topological polar surface area (TPSA) is 20.2 Å². The van der Waals surface area contributed by atoms with Gasteiger partial charge in [0.05, 0.1) is 5.60 Å². The Kier molecular flexibility index (Phi) is 3.69. The summed E-state index contributed by atoms with van der Waals surface area (Å²) >= 11 is 3.27. The minimum absolute atomic E-state index is 0.212. The first-order valence-corrected chi connectivity index (χ1v) is 8.01. The normalized spacial score (nSPS) is 31.4. The van der Waals surface area contributed by atoms with Crippen molar-refractivity contribution in [2.24, 2.45) is 11.8 Å². The summed E-state index contributed by atoms with van der Waals surface area (Å²) in [4.78, 5) is 0. The largest absolute Gasteiger partial charge is 0.390 e. The fourth-order valence-electron chi connectivity index (χ4n) is 3.54. The molecule has 0 bridgehead atoms. The highest BCUT2D eigenvalue weighted by atomic mass is 79.9. The summed E-state index contributed by atoms with van der Waals surface area (Å²) in [7, 11) is 0. The molecule has 3 heteroatoms. The number of hydrogen-bond acceptors (Lipinski definition) is 1. The standard InChI is InChI=1S/C16H20BrFO/c17-14-6-5-13(15(18)8-14)10-16(19)7-1-2-12(9-16)11-3-4-11/h5-6,8,11-12,19H,1-4,7,9-10H2. The van der Waals surface area contributed by atoms with Gasteiger partial charge in [0.1, 0.15) is 5.82 Å². The van der Waals surface area contributed by atoms with Gasteiger partial charge in [0, 0.05) is 10.9 Å². The molecule has 2 aliphatic carbocycles. The first kappa shape index (κ1) is 13.6. The summed E-state index contributed by atoms with van der Waals surface area (Å²) < 4.78 is 14.7. The Morgan fingerprint density at radius 3 is 2.74 bits per heavy atom. The van der Waals surface area contributed by atoms with Crippen molar-refractivity contribution >= 4 is 15.9 Å². The van der Waals surface area contributed by atoms with Crippen molar-refractivity contribution in [3.8, 4) is 0 Å². The average molecular weight is 327 g/mol. The van der Waals surface area contributed by atoms with Gasteiger partial charge in [-0.2, -0.15) is 0 Å². The van der Waals surface area contributed by atoms with Gasteiger partial charge in [-0.05, 0) is 61.6 Å². The second-order valence-corrected chi connectivity index (χ2v) is 7.25. The molecule has 2 aliphatic rings. The molecule has 0 heterocycles. The molecule has 0 aromatic heterocycles. The second-order valence-electron chi connectivity index (χ2n) is 6.33. The van der Waals surface area contributed by atoms with E-state index in [2.05, 4.69) is 15.9 Å². The Balaban J connectivity index is 1.73.